The van der Waals surface area contributed by atoms with Crippen molar-refractivity contribution in [3.8, 4) is 11.8 Å². The second-order valence-electron chi connectivity index (χ2n) is 7.98. The van der Waals surface area contributed by atoms with E-state index in [4.69, 9.17) is 4.74 Å². The minimum absolute atomic E-state index is 0.129. The van der Waals surface area contributed by atoms with E-state index in [-0.39, 0.29) is 11.9 Å². The van der Waals surface area contributed by atoms with Crippen LogP contribution in [0.2, 0.25) is 0 Å². The lowest BCUT2D eigenvalue weighted by molar-refractivity contribution is -0.155. The Kier molecular flexibility index (Phi) is 8.38. The maximum Gasteiger partial charge on any atom is 0.315 e. The summed E-state index contributed by atoms with van der Waals surface area (Å²) >= 11 is 0. The molecule has 0 N–H and O–H groups in total. The van der Waals surface area contributed by atoms with Crippen LogP contribution in [-0.2, 0) is 9.53 Å². The molecule has 1 saturated carbocycles. The van der Waals surface area contributed by atoms with E-state index >= 15 is 0 Å². The highest BCUT2D eigenvalue weighted by Gasteiger charge is 2.34. The topological polar surface area (TPSA) is 29.5 Å². The molecule has 0 amide bonds. The summed E-state index contributed by atoms with van der Waals surface area (Å²) in [6.07, 6.45) is 5.88. The molecule has 1 aliphatic rings. The quantitative estimate of drug-likeness (QED) is 0.499. The van der Waals surface area contributed by atoms with Gasteiger partial charge in [0.25, 0.3) is 0 Å². The van der Waals surface area contributed by atoms with Crippen LogP contribution in [0.25, 0.3) is 0 Å². The highest BCUT2D eigenvalue weighted by molar-refractivity contribution is 5.79. The first-order chi connectivity index (χ1) is 13.0. The monoisotopic (exact) mass is 369 g/mol. The Morgan fingerprint density at radius 1 is 1.15 bits per heavy atom. The summed E-state index contributed by atoms with van der Waals surface area (Å²) in [7, 11) is 0. The maximum absolute atomic E-state index is 13.2. The lowest BCUT2D eigenvalue weighted by Crippen LogP contribution is -2.33. The number of carbonyl (C=O) groups excluding carboxylic acids is 1. The van der Waals surface area contributed by atoms with Gasteiger partial charge in [0, 0.05) is 0 Å². The van der Waals surface area contributed by atoms with Gasteiger partial charge in [-0.15, -0.1) is 0 Å². The van der Waals surface area contributed by atoms with Gasteiger partial charge in [0.1, 0.15) is 0 Å². The number of hydrogen-bond donors (Lipinski definition) is 0. The van der Waals surface area contributed by atoms with Gasteiger partial charge >= 0.3 is 5.97 Å². The molecule has 1 atom stereocenters. The molecule has 0 spiro atoms. The molecule has 0 bridgehead atoms. The molecular weight excluding hydrogens is 334 g/mol. The number of hydrogen-bond acceptors (Lipinski definition) is 3. The lowest BCUT2D eigenvalue weighted by atomic mass is 9.77. The zero-order valence-corrected chi connectivity index (χ0v) is 17.5. The zero-order chi connectivity index (χ0) is 19.7. The molecule has 2 rings (SSSR count). The number of benzene rings is 1. The summed E-state index contributed by atoms with van der Waals surface area (Å²) < 4.78 is 5.93. The Hall–Kier alpha value is -1.79. The third-order valence-electron chi connectivity index (χ3n) is 5.48. The number of esters is 1. The molecule has 3 nitrogen and oxygen atoms in total. The van der Waals surface area contributed by atoms with Gasteiger partial charge in [-0.05, 0) is 51.3 Å². The van der Waals surface area contributed by atoms with Crippen LogP contribution in [0.1, 0.15) is 71.3 Å². The van der Waals surface area contributed by atoms with Crippen molar-refractivity contribution in [1.29, 1.82) is 0 Å². The van der Waals surface area contributed by atoms with Crippen LogP contribution in [-0.4, -0.2) is 36.1 Å². The van der Waals surface area contributed by atoms with Crippen LogP contribution in [0.5, 0.6) is 0 Å². The highest BCUT2D eigenvalue weighted by Crippen LogP contribution is 2.37. The van der Waals surface area contributed by atoms with Crippen molar-refractivity contribution in [3.63, 3.8) is 0 Å². The Labute approximate surface area is 165 Å². The fourth-order valence-electron chi connectivity index (χ4n) is 3.88. The third-order valence-corrected chi connectivity index (χ3v) is 5.48. The molecule has 3 heteroatoms. The molecule has 0 aliphatic heterocycles. The smallest absolute Gasteiger partial charge is 0.315 e. The van der Waals surface area contributed by atoms with Crippen LogP contribution in [0, 0.1) is 17.8 Å². The Balaban J connectivity index is 2.11. The SMILES string of the molecule is CCN(CC)CC#CC(C)(C)OC(=O)C(c1ccccc1)C1CCCCC1. The number of rotatable bonds is 7. The van der Waals surface area contributed by atoms with E-state index in [1.807, 2.05) is 32.0 Å². The van der Waals surface area contributed by atoms with Crippen molar-refractivity contribution in [2.75, 3.05) is 19.6 Å². The summed E-state index contributed by atoms with van der Waals surface area (Å²) in [5, 5.41) is 0. The molecule has 0 heterocycles. The van der Waals surface area contributed by atoms with Gasteiger partial charge in [0.15, 0.2) is 5.60 Å². The normalized spacial score (nSPS) is 16.5. The van der Waals surface area contributed by atoms with Gasteiger partial charge in [0.05, 0.1) is 12.5 Å². The fraction of sp³-hybridized carbons (Fsp3) is 0.625. The van der Waals surface area contributed by atoms with Crippen molar-refractivity contribution in [2.45, 2.75) is 71.3 Å². The van der Waals surface area contributed by atoms with Gasteiger partial charge < -0.3 is 4.74 Å². The van der Waals surface area contributed by atoms with Crippen LogP contribution in [0.3, 0.4) is 0 Å². The van der Waals surface area contributed by atoms with Crippen LogP contribution >= 0.6 is 0 Å². The molecule has 1 aliphatic carbocycles. The van der Waals surface area contributed by atoms with Gasteiger partial charge in [-0.1, -0.05) is 75.3 Å². The van der Waals surface area contributed by atoms with E-state index in [1.165, 1.54) is 19.3 Å². The molecule has 148 valence electrons. The zero-order valence-electron chi connectivity index (χ0n) is 17.5. The summed E-state index contributed by atoms with van der Waals surface area (Å²) in [6.45, 7) is 10.7. The predicted octanol–water partition coefficient (Wildman–Crippen LogP) is 5.02. The second-order valence-corrected chi connectivity index (χ2v) is 7.98. The Morgan fingerprint density at radius 2 is 1.78 bits per heavy atom. The minimum Gasteiger partial charge on any atom is -0.446 e. The second kappa shape index (κ2) is 10.5. The molecule has 0 saturated heterocycles. The molecule has 1 fully saturated rings. The number of ether oxygens (including phenoxy) is 1. The van der Waals surface area contributed by atoms with E-state index in [2.05, 4.69) is 42.7 Å². The Bertz CT molecular complexity index is 631. The standard InChI is InChI=1S/C24H35NO2/c1-5-25(6-2)19-13-18-24(3,4)27-23(26)22(20-14-9-7-10-15-20)21-16-11-8-12-17-21/h7,9-10,14-15,21-22H,5-6,8,11-12,16-17,19H2,1-4H3. The Morgan fingerprint density at radius 3 is 2.37 bits per heavy atom. The minimum atomic E-state index is -0.772. The number of carbonyl (C=O) groups is 1. The van der Waals surface area contributed by atoms with Crippen LogP contribution in [0.15, 0.2) is 30.3 Å². The molecule has 0 aromatic heterocycles. The van der Waals surface area contributed by atoms with Crippen molar-refractivity contribution in [1.82, 2.24) is 4.90 Å². The molecule has 27 heavy (non-hydrogen) atoms. The predicted molar refractivity (Wildman–Crippen MR) is 111 cm³/mol. The fourth-order valence-corrected chi connectivity index (χ4v) is 3.88. The average molecular weight is 370 g/mol. The first kappa shape index (κ1) is 21.5. The average Bonchev–Trinajstić information content (AvgIpc) is 2.67. The first-order valence-corrected chi connectivity index (χ1v) is 10.5. The van der Waals surface area contributed by atoms with Crippen molar-refractivity contribution < 1.29 is 9.53 Å². The van der Waals surface area contributed by atoms with Gasteiger partial charge in [-0.25, -0.2) is 0 Å². The highest BCUT2D eigenvalue weighted by atomic mass is 16.6. The van der Waals surface area contributed by atoms with Crippen molar-refractivity contribution in [2.24, 2.45) is 5.92 Å². The van der Waals surface area contributed by atoms with Gasteiger partial charge in [0.2, 0.25) is 0 Å². The van der Waals surface area contributed by atoms with E-state index in [9.17, 15) is 4.79 Å². The van der Waals surface area contributed by atoms with E-state index < -0.39 is 5.60 Å². The summed E-state index contributed by atoms with van der Waals surface area (Å²) in [5.41, 5.74) is 0.299. The molecule has 1 unspecified atom stereocenters. The van der Waals surface area contributed by atoms with Crippen LogP contribution < -0.4 is 0 Å². The number of nitrogens with zero attached hydrogens (tertiary/aromatic N) is 1. The molecular formula is C24H35NO2. The van der Waals surface area contributed by atoms with Crippen molar-refractivity contribution >= 4 is 5.97 Å². The van der Waals surface area contributed by atoms with E-state index in [0.29, 0.717) is 12.5 Å². The summed E-state index contributed by atoms with van der Waals surface area (Å²) in [4.78, 5) is 15.4. The van der Waals surface area contributed by atoms with Gasteiger partial charge in [-0.2, -0.15) is 0 Å². The van der Waals surface area contributed by atoms with Gasteiger partial charge in [-0.3, -0.25) is 9.69 Å². The first-order valence-electron chi connectivity index (χ1n) is 10.5. The maximum atomic E-state index is 13.2. The summed E-state index contributed by atoms with van der Waals surface area (Å²) in [6, 6.07) is 10.1. The van der Waals surface area contributed by atoms with E-state index in [0.717, 1.165) is 31.5 Å². The van der Waals surface area contributed by atoms with E-state index in [1.54, 1.807) is 0 Å². The molecule has 1 aromatic carbocycles. The summed E-state index contributed by atoms with van der Waals surface area (Å²) in [5.74, 6) is 6.41. The van der Waals surface area contributed by atoms with Crippen molar-refractivity contribution in [3.05, 3.63) is 35.9 Å². The largest absolute Gasteiger partial charge is 0.446 e. The molecule has 1 aromatic rings. The molecule has 0 radical (unpaired) electrons. The lowest BCUT2D eigenvalue weighted by Gasteiger charge is -2.31. The van der Waals surface area contributed by atoms with Crippen LogP contribution in [0.4, 0.5) is 0 Å². The third kappa shape index (κ3) is 6.70.